The Morgan fingerprint density at radius 3 is 1.86 bits per heavy atom. The summed E-state index contributed by atoms with van der Waals surface area (Å²) >= 11 is 0. The van der Waals surface area contributed by atoms with Crippen molar-refractivity contribution in [1.29, 1.82) is 0 Å². The molecule has 0 aromatic rings. The molecule has 1 fully saturated rings. The summed E-state index contributed by atoms with van der Waals surface area (Å²) < 4.78 is 0. The van der Waals surface area contributed by atoms with Gasteiger partial charge in [-0.15, -0.1) is 0 Å². The molecule has 0 aliphatic carbocycles. The zero-order valence-electron chi connectivity index (χ0n) is 3.67. The molecule has 0 aromatic carbocycles. The lowest BCUT2D eigenvalue weighted by Crippen LogP contribution is -3.51. The number of rotatable bonds is 0. The highest BCUT2D eigenvalue weighted by atomic mass is 17.2. The zero-order valence-corrected chi connectivity index (χ0v) is 3.67. The maximum absolute atomic E-state index is 9.92. The Labute approximate surface area is 39.5 Å². The standard InChI is InChI=1S/CH5N3O3/c1-2-3(5)7-4(2)6/h3-4H,1H3. The summed E-state index contributed by atoms with van der Waals surface area (Å²) in [4.78, 5) is 3.90. The second-order valence-corrected chi connectivity index (χ2v) is 1.19. The maximum atomic E-state index is 9.92. The van der Waals surface area contributed by atoms with E-state index in [1.54, 1.807) is 0 Å². The molecule has 6 heteroatoms. The number of nitrogens with zero attached hydrogens (tertiary/aromatic N) is 1. The van der Waals surface area contributed by atoms with E-state index in [9.17, 15) is 10.4 Å². The summed E-state index contributed by atoms with van der Waals surface area (Å²) in [6.45, 7) is 0. The third-order valence-corrected chi connectivity index (χ3v) is 0.722. The molecule has 1 aliphatic rings. The van der Waals surface area contributed by atoms with Crippen LogP contribution in [0.3, 0.4) is 0 Å². The molecular weight excluding hydrogens is 102 g/mol. The Bertz CT molecular complexity index is 68.6. The predicted molar refractivity (Wildman–Crippen MR) is 17.5 cm³/mol. The summed E-state index contributed by atoms with van der Waals surface area (Å²) in [5.74, 6) is 0. The summed E-state index contributed by atoms with van der Waals surface area (Å²) in [6, 6.07) is 0. The van der Waals surface area contributed by atoms with Crippen LogP contribution in [0.5, 0.6) is 0 Å². The van der Waals surface area contributed by atoms with Crippen molar-refractivity contribution >= 4 is 0 Å². The Morgan fingerprint density at radius 1 is 1.43 bits per heavy atom. The van der Waals surface area contributed by atoms with Gasteiger partial charge in [-0.25, -0.2) is 0 Å². The number of hydrogen-bond donors (Lipinski definition) is 2. The topological polar surface area (TPSA) is 67.5 Å². The second-order valence-electron chi connectivity index (χ2n) is 1.19. The summed E-state index contributed by atoms with van der Waals surface area (Å²) in [5.41, 5.74) is 0. The van der Waals surface area contributed by atoms with E-state index in [2.05, 4.69) is 4.94 Å². The van der Waals surface area contributed by atoms with Crippen LogP contribution in [0.25, 0.3) is 0 Å². The fourth-order valence-corrected chi connectivity index (χ4v) is 0.247. The smallest absolute Gasteiger partial charge is 0.0983 e. The van der Waals surface area contributed by atoms with Crippen molar-refractivity contribution in [3.05, 3.63) is 10.4 Å². The Kier molecular flexibility index (Phi) is 0.961. The molecule has 2 atom stereocenters. The van der Waals surface area contributed by atoms with Crippen LogP contribution in [0.2, 0.25) is 0 Å². The molecule has 7 heavy (non-hydrogen) atoms. The first kappa shape index (κ1) is 4.91. The van der Waals surface area contributed by atoms with Crippen LogP contribution in [0.15, 0.2) is 0 Å². The number of hydrogen-bond acceptors (Lipinski definition) is 4. The van der Waals surface area contributed by atoms with Crippen molar-refractivity contribution in [1.82, 2.24) is 5.12 Å². The van der Waals surface area contributed by atoms with E-state index in [0.717, 1.165) is 5.12 Å². The van der Waals surface area contributed by atoms with Gasteiger partial charge in [-0.05, 0) is 10.7 Å². The second kappa shape index (κ2) is 1.37. The monoisotopic (exact) mass is 107 g/mol. The first-order valence-corrected chi connectivity index (χ1v) is 1.71. The fraction of sp³-hybridized carbons (Fsp3) is 1.00. The lowest BCUT2D eigenvalue weighted by molar-refractivity contribution is -1.58. The minimum absolute atomic E-state index is 0.579. The molecule has 42 valence electrons. The van der Waals surface area contributed by atoms with Crippen molar-refractivity contribution in [2.45, 2.75) is 0 Å². The van der Waals surface area contributed by atoms with Gasteiger partial charge in [0.05, 0.1) is 12.2 Å². The first-order chi connectivity index (χ1) is 3.22. The van der Waals surface area contributed by atoms with Crippen LogP contribution in [-0.4, -0.2) is 12.2 Å². The summed E-state index contributed by atoms with van der Waals surface area (Å²) in [5, 5.41) is 19.6. The van der Waals surface area contributed by atoms with Gasteiger partial charge in [0.2, 0.25) is 0 Å². The average molecular weight is 107 g/mol. The molecule has 0 saturated carbocycles. The van der Waals surface area contributed by atoms with E-state index in [4.69, 9.17) is 0 Å². The molecular formula is CH5N3O3. The Balaban J connectivity index is 2.29. The highest BCUT2D eigenvalue weighted by molar-refractivity contribution is 3.96. The van der Waals surface area contributed by atoms with Crippen LogP contribution >= 0.6 is 0 Å². The van der Waals surface area contributed by atoms with Crippen molar-refractivity contribution in [3.63, 3.8) is 0 Å². The van der Waals surface area contributed by atoms with Crippen molar-refractivity contribution in [2.24, 2.45) is 0 Å². The molecule has 0 aromatic heterocycles. The van der Waals surface area contributed by atoms with Gasteiger partial charge >= 0.3 is 0 Å². The molecule has 0 bridgehead atoms. The van der Waals surface area contributed by atoms with Gasteiger partial charge in [-0.3, -0.25) is 0 Å². The van der Waals surface area contributed by atoms with Gasteiger partial charge in [0, 0.05) is 4.94 Å². The highest BCUT2D eigenvalue weighted by Crippen LogP contribution is 1.54. The number of nitrogens with one attached hydrogen (secondary N) is 2. The summed E-state index contributed by atoms with van der Waals surface area (Å²) in [6.07, 6.45) is 0. The van der Waals surface area contributed by atoms with Crippen LogP contribution < -0.4 is 10.7 Å². The van der Waals surface area contributed by atoms with Crippen molar-refractivity contribution in [3.8, 4) is 0 Å². The Hall–Kier alpha value is -0.240. The molecule has 1 saturated heterocycles. The minimum Gasteiger partial charge on any atom is -0.571 e. The number of quaternary nitrogens is 2. The Morgan fingerprint density at radius 2 is 1.86 bits per heavy atom. The molecule has 1 rings (SSSR count). The van der Waals surface area contributed by atoms with Gasteiger partial charge < -0.3 is 10.4 Å². The van der Waals surface area contributed by atoms with E-state index >= 15 is 0 Å². The predicted octanol–water partition coefficient (Wildman–Crippen LogP) is -3.63. The molecule has 0 spiro atoms. The highest BCUT2D eigenvalue weighted by Gasteiger charge is 2.31. The first-order valence-electron chi connectivity index (χ1n) is 1.71. The SMILES string of the molecule is CN1[NH+]([O-])O[NH+]1[O-]. The van der Waals surface area contributed by atoms with E-state index in [-0.39, 0.29) is 0 Å². The van der Waals surface area contributed by atoms with E-state index in [1.807, 2.05) is 0 Å². The molecule has 1 aliphatic heterocycles. The molecule has 2 N–H and O–H groups in total. The van der Waals surface area contributed by atoms with E-state index < -0.39 is 10.7 Å². The largest absolute Gasteiger partial charge is 0.571 e. The quantitative estimate of drug-likeness (QED) is 0.313. The van der Waals surface area contributed by atoms with Gasteiger partial charge in [0.15, 0.2) is 0 Å². The van der Waals surface area contributed by atoms with Gasteiger partial charge in [0.1, 0.15) is 0 Å². The maximum Gasteiger partial charge on any atom is 0.0983 e. The normalized spacial score (nSPS) is 43.3. The molecule has 2 unspecified atom stereocenters. The van der Waals surface area contributed by atoms with Crippen LogP contribution in [0.1, 0.15) is 0 Å². The average Bonchev–Trinajstić information content (AvgIpc) is 1.68. The molecule has 0 amide bonds. The van der Waals surface area contributed by atoms with Gasteiger partial charge in [-0.1, -0.05) is 0 Å². The van der Waals surface area contributed by atoms with Gasteiger partial charge in [-0.2, -0.15) is 0 Å². The molecule has 0 radical (unpaired) electrons. The third kappa shape index (κ3) is 0.589. The third-order valence-electron chi connectivity index (χ3n) is 0.722. The molecule has 6 nitrogen and oxygen atoms in total. The lowest BCUT2D eigenvalue weighted by Gasteiger charge is -2.39. The van der Waals surface area contributed by atoms with Crippen LogP contribution in [0, 0.1) is 10.4 Å². The van der Waals surface area contributed by atoms with E-state index in [0.29, 0.717) is 0 Å². The van der Waals surface area contributed by atoms with Crippen LogP contribution in [-0.2, 0) is 4.94 Å². The lowest BCUT2D eigenvalue weighted by atomic mass is 11.4. The van der Waals surface area contributed by atoms with E-state index in [1.165, 1.54) is 7.05 Å². The van der Waals surface area contributed by atoms with Crippen molar-refractivity contribution < 1.29 is 15.6 Å². The molecule has 1 heterocycles. The van der Waals surface area contributed by atoms with Gasteiger partial charge in [0.25, 0.3) is 0 Å². The zero-order chi connectivity index (χ0) is 5.44. The van der Waals surface area contributed by atoms with Crippen LogP contribution in [0.4, 0.5) is 0 Å². The minimum atomic E-state index is -0.579. The fourth-order valence-electron chi connectivity index (χ4n) is 0.247. The van der Waals surface area contributed by atoms with Crippen molar-refractivity contribution in [2.75, 3.05) is 7.05 Å². The summed E-state index contributed by atoms with van der Waals surface area (Å²) in [7, 11) is 1.36.